The number of hydrogen-bond acceptors (Lipinski definition) is 3. The Kier molecular flexibility index (Phi) is 5.41. The third-order valence-electron chi connectivity index (χ3n) is 4.51. The summed E-state index contributed by atoms with van der Waals surface area (Å²) in [4.78, 5) is 7.24. The van der Waals surface area contributed by atoms with Gasteiger partial charge in [0.25, 0.3) is 0 Å². The molecular formula is C17H29N3. The maximum Gasteiger partial charge on any atom is 0.131 e. The van der Waals surface area contributed by atoms with Crippen LogP contribution >= 0.6 is 0 Å². The van der Waals surface area contributed by atoms with Gasteiger partial charge in [-0.1, -0.05) is 13.8 Å². The molecule has 0 saturated carbocycles. The van der Waals surface area contributed by atoms with Crippen LogP contribution in [0, 0.1) is 12.8 Å². The summed E-state index contributed by atoms with van der Waals surface area (Å²) in [7, 11) is 0. The van der Waals surface area contributed by atoms with Crippen LogP contribution in [0.25, 0.3) is 0 Å². The largest absolute Gasteiger partial charge is 0.353 e. The molecule has 0 radical (unpaired) electrons. The fourth-order valence-electron chi connectivity index (χ4n) is 3.07. The van der Waals surface area contributed by atoms with E-state index in [2.05, 4.69) is 44.0 Å². The van der Waals surface area contributed by atoms with Crippen molar-refractivity contribution >= 4 is 5.82 Å². The molecule has 0 aliphatic carbocycles. The molecule has 2 heterocycles. The molecule has 1 aliphatic rings. The van der Waals surface area contributed by atoms with Crippen molar-refractivity contribution in [2.24, 2.45) is 5.92 Å². The third kappa shape index (κ3) is 3.51. The van der Waals surface area contributed by atoms with E-state index in [0.29, 0.717) is 6.04 Å². The van der Waals surface area contributed by atoms with Gasteiger partial charge in [-0.3, -0.25) is 0 Å². The summed E-state index contributed by atoms with van der Waals surface area (Å²) in [6.45, 7) is 12.2. The summed E-state index contributed by atoms with van der Waals surface area (Å²) in [5.41, 5.74) is 2.60. The Morgan fingerprint density at radius 1 is 1.40 bits per heavy atom. The Hall–Kier alpha value is -1.09. The zero-order chi connectivity index (χ0) is 14.5. The van der Waals surface area contributed by atoms with Crippen molar-refractivity contribution in [3.63, 3.8) is 0 Å². The van der Waals surface area contributed by atoms with Crippen LogP contribution in [0.1, 0.15) is 51.2 Å². The molecule has 0 bridgehead atoms. The van der Waals surface area contributed by atoms with Crippen LogP contribution in [0.2, 0.25) is 0 Å². The predicted molar refractivity (Wildman–Crippen MR) is 86.2 cm³/mol. The molecule has 1 saturated heterocycles. The Morgan fingerprint density at radius 2 is 2.20 bits per heavy atom. The maximum atomic E-state index is 4.75. The Morgan fingerprint density at radius 3 is 2.90 bits per heavy atom. The van der Waals surface area contributed by atoms with E-state index in [0.717, 1.165) is 25.6 Å². The topological polar surface area (TPSA) is 28.2 Å². The van der Waals surface area contributed by atoms with E-state index in [9.17, 15) is 0 Å². The number of nitrogens with zero attached hydrogens (tertiary/aromatic N) is 2. The summed E-state index contributed by atoms with van der Waals surface area (Å²) < 4.78 is 0. The van der Waals surface area contributed by atoms with E-state index in [1.54, 1.807) is 0 Å². The fraction of sp³-hybridized carbons (Fsp3) is 0.706. The zero-order valence-electron chi connectivity index (χ0n) is 13.4. The lowest BCUT2D eigenvalue weighted by molar-refractivity contribution is 0.361. The number of rotatable bonds is 5. The standard InChI is InChI=1S/C17H29N3/c1-5-8-18-11-16-10-14(3)17(19-12-16)20-9-6-7-13(2)15(20)4/h10,12-13,15,18H,5-9,11H2,1-4H3. The number of nitrogens with one attached hydrogen (secondary N) is 1. The minimum absolute atomic E-state index is 0.596. The van der Waals surface area contributed by atoms with Crippen molar-refractivity contribution in [3.8, 4) is 0 Å². The van der Waals surface area contributed by atoms with E-state index >= 15 is 0 Å². The molecule has 0 amide bonds. The van der Waals surface area contributed by atoms with Crippen molar-refractivity contribution in [1.82, 2.24) is 10.3 Å². The SMILES string of the molecule is CCCNCc1cnc(N2CCCC(C)C2C)c(C)c1. The van der Waals surface area contributed by atoms with Gasteiger partial charge in [0.05, 0.1) is 0 Å². The van der Waals surface area contributed by atoms with Crippen molar-refractivity contribution in [2.75, 3.05) is 18.0 Å². The zero-order valence-corrected chi connectivity index (χ0v) is 13.4. The predicted octanol–water partition coefficient (Wildman–Crippen LogP) is 3.51. The number of anilines is 1. The van der Waals surface area contributed by atoms with Crippen molar-refractivity contribution < 1.29 is 0 Å². The lowest BCUT2D eigenvalue weighted by atomic mass is 9.92. The molecule has 0 spiro atoms. The quantitative estimate of drug-likeness (QED) is 0.833. The summed E-state index contributed by atoms with van der Waals surface area (Å²) in [5.74, 6) is 1.94. The van der Waals surface area contributed by atoms with Crippen LogP contribution in [-0.4, -0.2) is 24.1 Å². The van der Waals surface area contributed by atoms with Gasteiger partial charge in [0.15, 0.2) is 0 Å². The van der Waals surface area contributed by atoms with Gasteiger partial charge < -0.3 is 10.2 Å². The molecule has 20 heavy (non-hydrogen) atoms. The van der Waals surface area contributed by atoms with E-state index in [-0.39, 0.29) is 0 Å². The Balaban J connectivity index is 2.08. The van der Waals surface area contributed by atoms with Gasteiger partial charge in [-0.05, 0) is 62.8 Å². The van der Waals surface area contributed by atoms with Crippen LogP contribution in [0.5, 0.6) is 0 Å². The smallest absolute Gasteiger partial charge is 0.131 e. The fourth-order valence-corrected chi connectivity index (χ4v) is 3.07. The second-order valence-corrected chi connectivity index (χ2v) is 6.21. The lowest BCUT2D eigenvalue weighted by Gasteiger charge is -2.39. The first-order valence-electron chi connectivity index (χ1n) is 8.06. The van der Waals surface area contributed by atoms with Gasteiger partial charge in [-0.2, -0.15) is 0 Å². The van der Waals surface area contributed by atoms with Crippen molar-refractivity contribution in [2.45, 2.75) is 59.5 Å². The normalized spacial score (nSPS) is 23.1. The van der Waals surface area contributed by atoms with Crippen LogP contribution in [-0.2, 0) is 6.54 Å². The highest BCUT2D eigenvalue weighted by atomic mass is 15.2. The van der Waals surface area contributed by atoms with Crippen molar-refractivity contribution in [1.29, 1.82) is 0 Å². The molecule has 112 valence electrons. The molecule has 1 aliphatic heterocycles. The maximum absolute atomic E-state index is 4.75. The van der Waals surface area contributed by atoms with E-state index in [1.165, 1.54) is 36.2 Å². The minimum Gasteiger partial charge on any atom is -0.353 e. The molecule has 1 N–H and O–H groups in total. The van der Waals surface area contributed by atoms with Gasteiger partial charge >= 0.3 is 0 Å². The highest BCUT2D eigenvalue weighted by Gasteiger charge is 2.26. The molecular weight excluding hydrogens is 246 g/mol. The summed E-state index contributed by atoms with van der Waals surface area (Å²) in [5, 5.41) is 3.44. The monoisotopic (exact) mass is 275 g/mol. The van der Waals surface area contributed by atoms with E-state index in [1.807, 2.05) is 6.20 Å². The first-order chi connectivity index (χ1) is 9.63. The van der Waals surface area contributed by atoms with E-state index < -0.39 is 0 Å². The molecule has 2 rings (SSSR count). The molecule has 3 nitrogen and oxygen atoms in total. The number of piperidine rings is 1. The number of aromatic nitrogens is 1. The summed E-state index contributed by atoms with van der Waals surface area (Å²) >= 11 is 0. The lowest BCUT2D eigenvalue weighted by Crippen LogP contribution is -2.43. The van der Waals surface area contributed by atoms with Gasteiger partial charge in [0.1, 0.15) is 5.82 Å². The number of hydrogen-bond donors (Lipinski definition) is 1. The number of aryl methyl sites for hydroxylation is 1. The van der Waals surface area contributed by atoms with Crippen molar-refractivity contribution in [3.05, 3.63) is 23.4 Å². The molecule has 3 heteroatoms. The number of pyridine rings is 1. The third-order valence-corrected chi connectivity index (χ3v) is 4.51. The van der Waals surface area contributed by atoms with Gasteiger partial charge in [-0.15, -0.1) is 0 Å². The van der Waals surface area contributed by atoms with Crippen LogP contribution in [0.4, 0.5) is 5.82 Å². The summed E-state index contributed by atoms with van der Waals surface area (Å²) in [6, 6.07) is 2.88. The molecule has 2 unspecified atom stereocenters. The molecule has 0 aromatic carbocycles. The van der Waals surface area contributed by atoms with Crippen LogP contribution < -0.4 is 10.2 Å². The van der Waals surface area contributed by atoms with E-state index in [4.69, 9.17) is 4.98 Å². The highest BCUT2D eigenvalue weighted by molar-refractivity contribution is 5.48. The second-order valence-electron chi connectivity index (χ2n) is 6.21. The average Bonchev–Trinajstić information content (AvgIpc) is 2.43. The van der Waals surface area contributed by atoms with Crippen LogP contribution in [0.15, 0.2) is 12.3 Å². The Bertz CT molecular complexity index is 430. The molecule has 1 aromatic heterocycles. The first kappa shape index (κ1) is 15.3. The van der Waals surface area contributed by atoms with Gasteiger partial charge in [0, 0.05) is 25.3 Å². The second kappa shape index (κ2) is 7.07. The van der Waals surface area contributed by atoms with Gasteiger partial charge in [0.2, 0.25) is 0 Å². The molecule has 1 aromatic rings. The highest BCUT2D eigenvalue weighted by Crippen LogP contribution is 2.29. The molecule has 1 fully saturated rings. The average molecular weight is 275 g/mol. The molecule has 2 atom stereocenters. The van der Waals surface area contributed by atoms with Gasteiger partial charge in [-0.25, -0.2) is 4.98 Å². The van der Waals surface area contributed by atoms with Crippen LogP contribution in [0.3, 0.4) is 0 Å². The minimum atomic E-state index is 0.596. The summed E-state index contributed by atoms with van der Waals surface area (Å²) in [6.07, 6.45) is 5.84. The Labute approximate surface area is 123 Å². The first-order valence-corrected chi connectivity index (χ1v) is 8.06.